The van der Waals surface area contributed by atoms with Gasteiger partial charge in [0.2, 0.25) is 0 Å². The van der Waals surface area contributed by atoms with Crippen LogP contribution in [0.15, 0.2) is 0 Å². The van der Waals surface area contributed by atoms with Crippen molar-refractivity contribution >= 4 is 7.60 Å². The van der Waals surface area contributed by atoms with E-state index in [-0.39, 0.29) is 6.15 Å². The highest BCUT2D eigenvalue weighted by Crippen LogP contribution is 2.38. The molecule has 0 amide bonds. The predicted octanol–water partition coefficient (Wildman–Crippen LogP) is -2.22. The van der Waals surface area contributed by atoms with Crippen LogP contribution in [0, 0.1) is 0 Å². The van der Waals surface area contributed by atoms with Crippen molar-refractivity contribution in [2.45, 2.75) is 30.7 Å². The van der Waals surface area contributed by atoms with Crippen LogP contribution in [-0.2, 0) is 14.0 Å². The summed E-state index contributed by atoms with van der Waals surface area (Å²) in [7, 11) is -3.19. The fourth-order valence-electron chi connectivity index (χ4n) is 1.50. The summed E-state index contributed by atoms with van der Waals surface area (Å²) >= 11 is 0. The third kappa shape index (κ3) is 4.25. The van der Waals surface area contributed by atoms with E-state index in [1.165, 1.54) is 7.11 Å². The molecule has 0 bridgehead atoms. The molecule has 1 aliphatic rings. The lowest BCUT2D eigenvalue weighted by Crippen LogP contribution is -2.58. The van der Waals surface area contributed by atoms with Gasteiger partial charge in [-0.15, -0.1) is 0 Å². The lowest BCUT2D eigenvalue weighted by atomic mass is 10.00. The molecule has 1 saturated heterocycles. The van der Waals surface area contributed by atoms with Gasteiger partial charge in [0.25, 0.3) is 0 Å². The number of methoxy groups -OCH3 is 1. The zero-order chi connectivity index (χ0) is 12.5. The Bertz CT molecular complexity index is 281. The maximum Gasteiger partial charge on any atom is 0.328 e. The molecule has 0 aromatic carbocycles. The smallest absolute Gasteiger partial charge is 0.328 e. The minimum absolute atomic E-state index is 0. The Morgan fingerprint density at radius 2 is 1.71 bits per heavy atom. The predicted molar refractivity (Wildman–Crippen MR) is 55.6 cm³/mol. The Balaban J connectivity index is 0.00000256. The van der Waals surface area contributed by atoms with Crippen molar-refractivity contribution in [2.75, 3.05) is 13.3 Å². The first-order valence-corrected chi connectivity index (χ1v) is 6.33. The Morgan fingerprint density at radius 1 is 1.18 bits per heavy atom. The van der Waals surface area contributed by atoms with Gasteiger partial charge >= 0.3 is 7.60 Å². The highest BCUT2D eigenvalue weighted by Gasteiger charge is 2.45. The number of aliphatic hydroxyl groups excluding tert-OH is 3. The van der Waals surface area contributed by atoms with E-state index in [9.17, 15) is 19.9 Å². The highest BCUT2D eigenvalue weighted by molar-refractivity contribution is 7.51. The van der Waals surface area contributed by atoms with Crippen molar-refractivity contribution in [1.29, 1.82) is 0 Å². The van der Waals surface area contributed by atoms with E-state index in [0.29, 0.717) is 0 Å². The molecule has 10 heteroatoms. The number of hydrogen-bond acceptors (Lipinski definition) is 7. The number of rotatable bonds is 3. The van der Waals surface area contributed by atoms with Gasteiger partial charge in [-0.3, -0.25) is 4.57 Å². The van der Waals surface area contributed by atoms with E-state index < -0.39 is 44.5 Å². The summed E-state index contributed by atoms with van der Waals surface area (Å²) in [5, 5.41) is 28.2. The molecule has 1 heterocycles. The molecule has 1 fully saturated rings. The topological polar surface area (TPSA) is 172 Å². The molecular formula is C7H18NO8P. The molecule has 0 aromatic heterocycles. The Labute approximate surface area is 97.7 Å². The number of ether oxygens (including phenoxy) is 2. The van der Waals surface area contributed by atoms with Crippen LogP contribution in [0.4, 0.5) is 0 Å². The van der Waals surface area contributed by atoms with E-state index in [1.54, 1.807) is 0 Å². The molecule has 0 saturated carbocycles. The van der Waals surface area contributed by atoms with Crippen molar-refractivity contribution < 1.29 is 39.1 Å². The van der Waals surface area contributed by atoms with E-state index >= 15 is 0 Å². The van der Waals surface area contributed by atoms with Gasteiger partial charge in [-0.1, -0.05) is 0 Å². The minimum atomic E-state index is -4.39. The number of aliphatic hydroxyl groups is 3. The van der Waals surface area contributed by atoms with Gasteiger partial charge in [0, 0.05) is 7.11 Å². The van der Waals surface area contributed by atoms with Crippen molar-refractivity contribution in [3.05, 3.63) is 0 Å². The molecule has 0 aliphatic carbocycles. The minimum Gasteiger partial charge on any atom is -0.388 e. The summed E-state index contributed by atoms with van der Waals surface area (Å²) in [6.45, 7) is 0. The zero-order valence-electron chi connectivity index (χ0n) is 9.21. The van der Waals surface area contributed by atoms with Crippen LogP contribution in [0.5, 0.6) is 0 Å². The lowest BCUT2D eigenvalue weighted by Gasteiger charge is -2.39. The van der Waals surface area contributed by atoms with Crippen LogP contribution in [0.25, 0.3) is 0 Å². The summed E-state index contributed by atoms with van der Waals surface area (Å²) < 4.78 is 20.3. The Morgan fingerprint density at radius 3 is 2.12 bits per heavy atom. The van der Waals surface area contributed by atoms with Crippen LogP contribution in [0.1, 0.15) is 0 Å². The molecule has 0 unspecified atom stereocenters. The van der Waals surface area contributed by atoms with Gasteiger partial charge in [-0.05, 0) is 0 Å². The number of hydrogen-bond donors (Lipinski definition) is 6. The normalized spacial score (nSPS) is 38.6. The van der Waals surface area contributed by atoms with Gasteiger partial charge in [0.05, 0.1) is 6.16 Å². The highest BCUT2D eigenvalue weighted by atomic mass is 31.2. The Hall–Kier alpha value is -0.0900. The molecule has 0 aromatic rings. The van der Waals surface area contributed by atoms with Crippen molar-refractivity contribution in [1.82, 2.24) is 6.15 Å². The summed E-state index contributed by atoms with van der Waals surface area (Å²) in [5.74, 6) is 0. The third-order valence-corrected chi connectivity index (χ3v) is 3.15. The molecule has 5 atom stereocenters. The van der Waals surface area contributed by atoms with Gasteiger partial charge < -0.3 is 40.7 Å². The van der Waals surface area contributed by atoms with E-state index in [0.717, 1.165) is 0 Å². The first kappa shape index (κ1) is 16.9. The van der Waals surface area contributed by atoms with Gasteiger partial charge in [-0.25, -0.2) is 0 Å². The molecule has 1 rings (SSSR count). The molecule has 104 valence electrons. The van der Waals surface area contributed by atoms with E-state index in [4.69, 9.17) is 14.5 Å². The van der Waals surface area contributed by atoms with E-state index in [1.807, 2.05) is 0 Å². The van der Waals surface area contributed by atoms with Crippen molar-refractivity contribution in [2.24, 2.45) is 0 Å². The lowest BCUT2D eigenvalue weighted by molar-refractivity contribution is -0.285. The molecule has 1 aliphatic heterocycles. The zero-order valence-corrected chi connectivity index (χ0v) is 10.1. The summed E-state index contributed by atoms with van der Waals surface area (Å²) in [6, 6.07) is 0. The van der Waals surface area contributed by atoms with Crippen LogP contribution < -0.4 is 6.15 Å². The largest absolute Gasteiger partial charge is 0.388 e. The van der Waals surface area contributed by atoms with Gasteiger partial charge in [0.1, 0.15) is 24.4 Å². The fourth-order valence-corrected chi connectivity index (χ4v) is 2.27. The SMILES string of the molecule is CO[C@@H]1O[C@H](CP(=O)(O)O)[C@H](O)[C@H](O)[C@H]1O.N. The first-order chi connectivity index (χ1) is 7.26. The second-order valence-corrected chi connectivity index (χ2v) is 5.29. The monoisotopic (exact) mass is 275 g/mol. The summed E-state index contributed by atoms with van der Waals surface area (Å²) in [4.78, 5) is 17.5. The standard InChI is InChI=1S/C7H15O8P.H3N/c1-14-7-6(10)5(9)4(8)3(15-7)2-16(11,12)13;/h3-10H,2H2,1H3,(H2,11,12,13);1H3/t3-,4+,5+,6-,7-;/m1./s1. The molecule has 0 spiro atoms. The summed E-state index contributed by atoms with van der Waals surface area (Å²) in [6.07, 6.45) is -7.88. The van der Waals surface area contributed by atoms with E-state index in [2.05, 4.69) is 4.74 Å². The average Bonchev–Trinajstić information content (AvgIpc) is 2.17. The third-order valence-electron chi connectivity index (χ3n) is 2.32. The van der Waals surface area contributed by atoms with Gasteiger partial charge in [0.15, 0.2) is 6.29 Å². The van der Waals surface area contributed by atoms with Crippen LogP contribution in [0.2, 0.25) is 0 Å². The van der Waals surface area contributed by atoms with Crippen LogP contribution >= 0.6 is 7.60 Å². The maximum absolute atomic E-state index is 10.7. The fraction of sp³-hybridized carbons (Fsp3) is 1.00. The first-order valence-electron chi connectivity index (χ1n) is 4.53. The summed E-state index contributed by atoms with van der Waals surface area (Å²) in [5.41, 5.74) is 0. The molecule has 0 radical (unpaired) electrons. The second kappa shape index (κ2) is 6.19. The molecule has 8 N–H and O–H groups in total. The Kier molecular flexibility index (Phi) is 6.15. The van der Waals surface area contributed by atoms with Crippen molar-refractivity contribution in [3.63, 3.8) is 0 Å². The molecular weight excluding hydrogens is 257 g/mol. The van der Waals surface area contributed by atoms with Gasteiger partial charge in [-0.2, -0.15) is 0 Å². The molecule has 9 nitrogen and oxygen atoms in total. The van der Waals surface area contributed by atoms with Crippen LogP contribution in [0.3, 0.4) is 0 Å². The second-order valence-electron chi connectivity index (χ2n) is 3.60. The average molecular weight is 275 g/mol. The van der Waals surface area contributed by atoms with Crippen molar-refractivity contribution in [3.8, 4) is 0 Å². The van der Waals surface area contributed by atoms with Crippen LogP contribution in [-0.4, -0.2) is 69.1 Å². The maximum atomic E-state index is 10.7. The quantitative estimate of drug-likeness (QED) is 0.312. The molecule has 17 heavy (non-hydrogen) atoms.